The molecule has 5 nitrogen and oxygen atoms in total. The average molecular weight is 310 g/mol. The van der Waals surface area contributed by atoms with Gasteiger partial charge in [0.05, 0.1) is 23.9 Å². The Balaban J connectivity index is 2.57. The lowest BCUT2D eigenvalue weighted by Gasteiger charge is -2.27. The number of aryl methyl sites for hydroxylation is 1. The maximum Gasteiger partial charge on any atom is 0.0666 e. The van der Waals surface area contributed by atoms with E-state index in [1.807, 2.05) is 41.0 Å². The number of nitrogen functional groups attached to an aromatic ring is 1. The Morgan fingerprint density at radius 2 is 1.90 bits per heavy atom. The van der Waals surface area contributed by atoms with Crippen LogP contribution in [0.5, 0.6) is 0 Å². The summed E-state index contributed by atoms with van der Waals surface area (Å²) in [6.45, 7) is 0.748. The van der Waals surface area contributed by atoms with Gasteiger partial charge in [0.1, 0.15) is 0 Å². The van der Waals surface area contributed by atoms with Crippen molar-refractivity contribution in [3.63, 3.8) is 0 Å². The zero-order valence-electron chi connectivity index (χ0n) is 12.0. The molecule has 0 aliphatic rings. The fourth-order valence-corrected chi connectivity index (χ4v) is 2.75. The summed E-state index contributed by atoms with van der Waals surface area (Å²) in [6, 6.07) is 5.52. The first kappa shape index (κ1) is 15.7. The van der Waals surface area contributed by atoms with Gasteiger partial charge in [-0.05, 0) is 18.2 Å². The molecule has 0 aliphatic carbocycles. The predicted octanol–water partition coefficient (Wildman–Crippen LogP) is 1.72. The second-order valence-corrected chi connectivity index (χ2v) is 5.31. The molecule has 21 heavy (non-hydrogen) atoms. The Morgan fingerprint density at radius 3 is 2.43 bits per heavy atom. The molecule has 2 rings (SSSR count). The van der Waals surface area contributed by atoms with Crippen molar-refractivity contribution in [1.29, 1.82) is 0 Å². The van der Waals surface area contributed by atoms with Gasteiger partial charge >= 0.3 is 0 Å². The molecule has 0 fully saturated rings. The van der Waals surface area contributed by atoms with Gasteiger partial charge in [-0.25, -0.2) is 0 Å². The number of benzene rings is 1. The molecular weight excluding hydrogens is 290 g/mol. The van der Waals surface area contributed by atoms with Crippen LogP contribution in [0.25, 0.3) is 11.1 Å². The second kappa shape index (κ2) is 6.85. The number of rotatable bonds is 6. The Kier molecular flexibility index (Phi) is 5.12. The SMILES string of the molecule is Cn1ccc(-c2cc(N)cc(Cl)c2N(CCO)CCO)c1. The van der Waals surface area contributed by atoms with Crippen molar-refractivity contribution in [2.24, 2.45) is 7.05 Å². The van der Waals surface area contributed by atoms with Gasteiger partial charge in [0.25, 0.3) is 0 Å². The molecule has 0 unspecified atom stereocenters. The van der Waals surface area contributed by atoms with Crippen molar-refractivity contribution in [3.05, 3.63) is 35.6 Å². The molecule has 2 aromatic rings. The predicted molar refractivity (Wildman–Crippen MR) is 86.7 cm³/mol. The molecule has 6 heteroatoms. The van der Waals surface area contributed by atoms with Crippen molar-refractivity contribution in [2.45, 2.75) is 0 Å². The molecule has 0 radical (unpaired) electrons. The smallest absolute Gasteiger partial charge is 0.0666 e. The monoisotopic (exact) mass is 309 g/mol. The molecule has 0 saturated carbocycles. The largest absolute Gasteiger partial charge is 0.399 e. The fourth-order valence-electron chi connectivity index (χ4n) is 2.40. The van der Waals surface area contributed by atoms with Gasteiger partial charge in [-0.1, -0.05) is 11.6 Å². The van der Waals surface area contributed by atoms with Gasteiger partial charge in [0, 0.05) is 49.3 Å². The molecule has 0 amide bonds. The van der Waals surface area contributed by atoms with Crippen molar-refractivity contribution < 1.29 is 10.2 Å². The highest BCUT2D eigenvalue weighted by Crippen LogP contribution is 2.39. The first-order valence-corrected chi connectivity index (χ1v) is 7.12. The van der Waals surface area contributed by atoms with E-state index in [0.29, 0.717) is 23.8 Å². The van der Waals surface area contributed by atoms with E-state index in [9.17, 15) is 10.2 Å². The number of halogens is 1. The zero-order chi connectivity index (χ0) is 15.4. The number of aliphatic hydroxyl groups excluding tert-OH is 2. The highest BCUT2D eigenvalue weighted by molar-refractivity contribution is 6.34. The van der Waals surface area contributed by atoms with E-state index in [2.05, 4.69) is 0 Å². The van der Waals surface area contributed by atoms with Gasteiger partial charge in [-0.2, -0.15) is 0 Å². The Bertz CT molecular complexity index is 607. The maximum atomic E-state index is 9.24. The number of hydrogen-bond acceptors (Lipinski definition) is 4. The van der Waals surface area contributed by atoms with Crippen molar-refractivity contribution >= 4 is 23.0 Å². The highest BCUT2D eigenvalue weighted by atomic mass is 35.5. The lowest BCUT2D eigenvalue weighted by molar-refractivity contribution is 0.281. The lowest BCUT2D eigenvalue weighted by Crippen LogP contribution is -2.30. The summed E-state index contributed by atoms with van der Waals surface area (Å²) in [5.74, 6) is 0. The standard InChI is InChI=1S/C15H20ClN3O2/c1-18-3-2-11(10-18)13-8-12(17)9-14(16)15(13)19(4-6-20)5-7-21/h2-3,8-10,20-21H,4-7,17H2,1H3. The van der Waals surface area contributed by atoms with Crippen LogP contribution >= 0.6 is 11.6 Å². The van der Waals surface area contributed by atoms with E-state index in [0.717, 1.165) is 16.8 Å². The number of aromatic nitrogens is 1. The van der Waals surface area contributed by atoms with Crippen LogP contribution in [0.4, 0.5) is 11.4 Å². The summed E-state index contributed by atoms with van der Waals surface area (Å²) >= 11 is 6.37. The number of hydrogen-bond donors (Lipinski definition) is 3. The maximum absolute atomic E-state index is 9.24. The summed E-state index contributed by atoms with van der Waals surface area (Å²) in [4.78, 5) is 1.87. The molecule has 0 bridgehead atoms. The van der Waals surface area contributed by atoms with Gasteiger partial charge in [-0.15, -0.1) is 0 Å². The molecule has 0 spiro atoms. The zero-order valence-corrected chi connectivity index (χ0v) is 12.7. The minimum Gasteiger partial charge on any atom is -0.399 e. The van der Waals surface area contributed by atoms with Gasteiger partial charge < -0.3 is 25.4 Å². The third kappa shape index (κ3) is 3.50. The van der Waals surface area contributed by atoms with E-state index in [-0.39, 0.29) is 13.2 Å². The number of aliphatic hydroxyl groups is 2. The van der Waals surface area contributed by atoms with E-state index >= 15 is 0 Å². The summed E-state index contributed by atoms with van der Waals surface area (Å²) in [5.41, 5.74) is 9.15. The van der Waals surface area contributed by atoms with E-state index < -0.39 is 0 Å². The topological polar surface area (TPSA) is 74.7 Å². The average Bonchev–Trinajstić information content (AvgIpc) is 2.84. The molecule has 114 valence electrons. The second-order valence-electron chi connectivity index (χ2n) is 4.90. The van der Waals surface area contributed by atoms with Gasteiger partial charge in [0.2, 0.25) is 0 Å². The Labute approximate surface area is 129 Å². The van der Waals surface area contributed by atoms with Crippen LogP contribution in [0.3, 0.4) is 0 Å². The molecule has 0 saturated heterocycles. The van der Waals surface area contributed by atoms with E-state index in [1.54, 1.807) is 6.07 Å². The summed E-state index contributed by atoms with van der Waals surface area (Å²) in [7, 11) is 1.94. The van der Waals surface area contributed by atoms with Crippen LogP contribution in [0.1, 0.15) is 0 Å². The van der Waals surface area contributed by atoms with Crippen LogP contribution in [0.15, 0.2) is 30.6 Å². The van der Waals surface area contributed by atoms with E-state index in [4.69, 9.17) is 17.3 Å². The highest BCUT2D eigenvalue weighted by Gasteiger charge is 2.17. The normalized spacial score (nSPS) is 10.9. The number of nitrogens with two attached hydrogens (primary N) is 1. The van der Waals surface area contributed by atoms with Gasteiger partial charge in [0.15, 0.2) is 0 Å². The first-order valence-electron chi connectivity index (χ1n) is 6.75. The first-order chi connectivity index (χ1) is 10.1. The van der Waals surface area contributed by atoms with Gasteiger partial charge in [-0.3, -0.25) is 0 Å². The Morgan fingerprint density at radius 1 is 1.24 bits per heavy atom. The lowest BCUT2D eigenvalue weighted by atomic mass is 10.0. The van der Waals surface area contributed by atoms with Crippen LogP contribution < -0.4 is 10.6 Å². The Hall–Kier alpha value is -1.69. The quantitative estimate of drug-likeness (QED) is 0.710. The minimum atomic E-state index is -0.0189. The fraction of sp³-hybridized carbons (Fsp3) is 0.333. The third-order valence-electron chi connectivity index (χ3n) is 3.28. The molecular formula is C15H20ClN3O2. The molecule has 1 aromatic carbocycles. The van der Waals surface area contributed by atoms with Crippen LogP contribution in [0.2, 0.25) is 5.02 Å². The van der Waals surface area contributed by atoms with E-state index in [1.165, 1.54) is 0 Å². The number of anilines is 2. The van der Waals surface area contributed by atoms with Crippen LogP contribution in [-0.4, -0.2) is 41.1 Å². The van der Waals surface area contributed by atoms with Crippen molar-refractivity contribution in [2.75, 3.05) is 36.9 Å². The summed E-state index contributed by atoms with van der Waals surface area (Å²) in [5, 5.41) is 19.0. The molecule has 1 aromatic heterocycles. The van der Waals surface area contributed by atoms with Crippen molar-refractivity contribution in [1.82, 2.24) is 4.57 Å². The van der Waals surface area contributed by atoms with Crippen LogP contribution in [-0.2, 0) is 7.05 Å². The number of nitrogens with zero attached hydrogens (tertiary/aromatic N) is 2. The third-order valence-corrected chi connectivity index (χ3v) is 3.57. The van der Waals surface area contributed by atoms with Crippen molar-refractivity contribution in [3.8, 4) is 11.1 Å². The molecule has 4 N–H and O–H groups in total. The molecule has 1 heterocycles. The summed E-state index contributed by atoms with van der Waals surface area (Å²) in [6.07, 6.45) is 3.92. The van der Waals surface area contributed by atoms with Crippen LogP contribution in [0, 0.1) is 0 Å². The summed E-state index contributed by atoms with van der Waals surface area (Å²) < 4.78 is 1.94. The molecule has 0 aliphatic heterocycles. The molecule has 0 atom stereocenters. The minimum absolute atomic E-state index is 0.0189.